The molecule has 102 valence electrons. The fourth-order valence-corrected chi connectivity index (χ4v) is 2.33. The largest absolute Gasteiger partial charge is 0.491 e. The Morgan fingerprint density at radius 3 is 3.00 bits per heavy atom. The number of aromatic nitrogens is 1. The number of ether oxygens (including phenoxy) is 1. The molecule has 0 aliphatic carbocycles. The molecule has 1 aliphatic rings. The van der Waals surface area contributed by atoms with Gasteiger partial charge in [0.25, 0.3) is 0 Å². The molecule has 1 aliphatic heterocycles. The molecule has 0 fully saturated rings. The van der Waals surface area contributed by atoms with E-state index in [1.807, 2.05) is 24.3 Å². The summed E-state index contributed by atoms with van der Waals surface area (Å²) in [4.78, 5) is 15.4. The first-order chi connectivity index (χ1) is 9.63. The molecule has 2 aromatic rings. The third kappa shape index (κ3) is 2.30. The van der Waals surface area contributed by atoms with E-state index in [-0.39, 0.29) is 11.6 Å². The van der Waals surface area contributed by atoms with Crippen molar-refractivity contribution in [2.24, 2.45) is 0 Å². The first-order valence-electron chi connectivity index (χ1n) is 6.34. The minimum absolute atomic E-state index is 0.0119. The van der Waals surface area contributed by atoms with Gasteiger partial charge in [0, 0.05) is 11.3 Å². The second kappa shape index (κ2) is 4.85. The van der Waals surface area contributed by atoms with Gasteiger partial charge in [-0.25, -0.2) is 9.78 Å². The van der Waals surface area contributed by atoms with Crippen LogP contribution in [0.25, 0.3) is 0 Å². The van der Waals surface area contributed by atoms with Gasteiger partial charge in [0.1, 0.15) is 18.2 Å². The Balaban J connectivity index is 1.88. The predicted molar refractivity (Wildman–Crippen MR) is 74.2 cm³/mol. The number of carboxylic acids is 1. The van der Waals surface area contributed by atoms with Crippen LogP contribution < -0.4 is 10.1 Å². The highest BCUT2D eigenvalue weighted by Gasteiger charge is 2.24. The summed E-state index contributed by atoms with van der Waals surface area (Å²) in [6.07, 6.45) is 0. The number of aryl methyl sites for hydroxylation is 1. The van der Waals surface area contributed by atoms with E-state index in [1.165, 1.54) is 6.07 Å². The Hall–Kier alpha value is -2.56. The lowest BCUT2D eigenvalue weighted by Gasteiger charge is -2.13. The number of rotatable bonds is 3. The van der Waals surface area contributed by atoms with Gasteiger partial charge in [0.05, 0.1) is 11.6 Å². The number of nitrogens with one attached hydrogen (secondary N) is 1. The van der Waals surface area contributed by atoms with Crippen molar-refractivity contribution >= 4 is 11.8 Å². The van der Waals surface area contributed by atoms with Crippen molar-refractivity contribution in [2.45, 2.75) is 13.0 Å². The fourth-order valence-electron chi connectivity index (χ4n) is 2.33. The number of para-hydroxylation sites is 1. The van der Waals surface area contributed by atoms with Crippen molar-refractivity contribution in [1.29, 1.82) is 0 Å². The molecule has 0 spiro atoms. The number of hydrogen-bond acceptors (Lipinski definition) is 4. The van der Waals surface area contributed by atoms with Crippen molar-refractivity contribution in [2.75, 3.05) is 11.9 Å². The van der Waals surface area contributed by atoms with Gasteiger partial charge in [0.2, 0.25) is 0 Å². The van der Waals surface area contributed by atoms with Crippen molar-refractivity contribution in [3.63, 3.8) is 0 Å². The highest BCUT2D eigenvalue weighted by molar-refractivity contribution is 5.88. The van der Waals surface area contributed by atoms with E-state index in [1.54, 1.807) is 13.0 Å². The molecular weight excluding hydrogens is 256 g/mol. The summed E-state index contributed by atoms with van der Waals surface area (Å²) >= 11 is 0. The molecule has 3 rings (SSSR count). The summed E-state index contributed by atoms with van der Waals surface area (Å²) in [5.41, 5.74) is 1.96. The minimum atomic E-state index is -0.957. The van der Waals surface area contributed by atoms with Gasteiger partial charge in [-0.05, 0) is 25.1 Å². The van der Waals surface area contributed by atoms with Gasteiger partial charge in [-0.2, -0.15) is 0 Å². The maximum Gasteiger partial charge on any atom is 0.335 e. The highest BCUT2D eigenvalue weighted by atomic mass is 16.5. The molecule has 1 atom stereocenters. The molecule has 2 N–H and O–H groups in total. The number of benzene rings is 1. The Kier molecular flexibility index (Phi) is 3.02. The van der Waals surface area contributed by atoms with Crippen LogP contribution in [0.4, 0.5) is 5.82 Å². The summed E-state index contributed by atoms with van der Waals surface area (Å²) in [6.45, 7) is 2.29. The topological polar surface area (TPSA) is 71.5 Å². The summed E-state index contributed by atoms with van der Waals surface area (Å²) in [6, 6.07) is 10.9. The van der Waals surface area contributed by atoms with E-state index in [0.29, 0.717) is 18.1 Å². The molecule has 0 bridgehead atoms. The average Bonchev–Trinajstić information content (AvgIpc) is 2.82. The molecule has 5 heteroatoms. The van der Waals surface area contributed by atoms with Crippen LogP contribution in [0.3, 0.4) is 0 Å². The van der Waals surface area contributed by atoms with Crippen LogP contribution in [0.2, 0.25) is 0 Å². The van der Waals surface area contributed by atoms with Gasteiger partial charge in [0.15, 0.2) is 0 Å². The van der Waals surface area contributed by atoms with Crippen LogP contribution in [0, 0.1) is 6.92 Å². The van der Waals surface area contributed by atoms with E-state index in [0.717, 1.165) is 11.3 Å². The summed E-state index contributed by atoms with van der Waals surface area (Å²) in [7, 11) is 0. The van der Waals surface area contributed by atoms with Crippen LogP contribution in [-0.2, 0) is 0 Å². The molecule has 0 amide bonds. The van der Waals surface area contributed by atoms with E-state index in [4.69, 9.17) is 9.84 Å². The maximum atomic E-state index is 11.1. The van der Waals surface area contributed by atoms with Crippen molar-refractivity contribution in [3.8, 4) is 5.75 Å². The summed E-state index contributed by atoms with van der Waals surface area (Å²) in [5, 5.41) is 12.3. The SMILES string of the molecule is Cc1cc(C(=O)O)cc(NC2COc3ccccc32)n1. The number of nitrogens with zero attached hydrogens (tertiary/aromatic N) is 1. The number of carboxylic acid groups (broad SMARTS) is 1. The fraction of sp³-hybridized carbons (Fsp3) is 0.200. The number of aromatic carboxylic acids is 1. The quantitative estimate of drug-likeness (QED) is 0.897. The molecule has 5 nitrogen and oxygen atoms in total. The van der Waals surface area contributed by atoms with Gasteiger partial charge in [-0.15, -0.1) is 0 Å². The van der Waals surface area contributed by atoms with Crippen molar-refractivity contribution in [3.05, 3.63) is 53.2 Å². The van der Waals surface area contributed by atoms with Crippen LogP contribution >= 0.6 is 0 Å². The molecule has 20 heavy (non-hydrogen) atoms. The predicted octanol–water partition coefficient (Wildman–Crippen LogP) is 2.63. The molecule has 0 saturated heterocycles. The average molecular weight is 270 g/mol. The van der Waals surface area contributed by atoms with Crippen molar-refractivity contribution < 1.29 is 14.6 Å². The molecule has 2 heterocycles. The van der Waals surface area contributed by atoms with Crippen LogP contribution in [0.1, 0.15) is 27.7 Å². The normalized spacial score (nSPS) is 16.4. The smallest absolute Gasteiger partial charge is 0.335 e. The monoisotopic (exact) mass is 270 g/mol. The number of hydrogen-bond donors (Lipinski definition) is 2. The number of anilines is 1. The lowest BCUT2D eigenvalue weighted by atomic mass is 10.1. The van der Waals surface area contributed by atoms with Crippen LogP contribution in [0.5, 0.6) is 5.75 Å². The van der Waals surface area contributed by atoms with Gasteiger partial charge < -0.3 is 15.2 Å². The molecular formula is C15H14N2O3. The molecule has 1 aromatic heterocycles. The zero-order valence-corrected chi connectivity index (χ0v) is 11.0. The Bertz CT molecular complexity index is 670. The highest BCUT2D eigenvalue weighted by Crippen LogP contribution is 2.33. The minimum Gasteiger partial charge on any atom is -0.491 e. The molecule has 1 unspecified atom stereocenters. The Labute approximate surface area is 116 Å². The van der Waals surface area contributed by atoms with Crippen LogP contribution in [0.15, 0.2) is 36.4 Å². The van der Waals surface area contributed by atoms with Crippen LogP contribution in [-0.4, -0.2) is 22.7 Å². The number of fused-ring (bicyclic) bond motifs is 1. The molecule has 0 radical (unpaired) electrons. The zero-order chi connectivity index (χ0) is 14.1. The maximum absolute atomic E-state index is 11.1. The Morgan fingerprint density at radius 2 is 2.20 bits per heavy atom. The molecule has 1 aromatic carbocycles. The van der Waals surface area contributed by atoms with Gasteiger partial charge >= 0.3 is 5.97 Å². The lowest BCUT2D eigenvalue weighted by molar-refractivity contribution is 0.0696. The van der Waals surface area contributed by atoms with E-state index >= 15 is 0 Å². The van der Waals surface area contributed by atoms with E-state index in [2.05, 4.69) is 10.3 Å². The third-order valence-electron chi connectivity index (χ3n) is 3.22. The van der Waals surface area contributed by atoms with E-state index in [9.17, 15) is 4.79 Å². The Morgan fingerprint density at radius 1 is 1.40 bits per heavy atom. The number of pyridine rings is 1. The summed E-state index contributed by atoms with van der Waals surface area (Å²) in [5.74, 6) is 0.449. The van der Waals surface area contributed by atoms with E-state index < -0.39 is 5.97 Å². The van der Waals surface area contributed by atoms with Gasteiger partial charge in [-0.1, -0.05) is 18.2 Å². The summed E-state index contributed by atoms with van der Waals surface area (Å²) < 4.78 is 5.58. The standard InChI is InChI=1S/C15H14N2O3/c1-9-6-10(15(18)19)7-14(16-9)17-12-8-20-13-5-3-2-4-11(12)13/h2-7,12H,8H2,1H3,(H,16,17)(H,18,19). The first kappa shape index (κ1) is 12.5. The second-order valence-electron chi connectivity index (χ2n) is 4.73. The van der Waals surface area contributed by atoms with Gasteiger partial charge in [-0.3, -0.25) is 0 Å². The lowest BCUT2D eigenvalue weighted by Crippen LogP contribution is -2.14. The number of carbonyl (C=O) groups is 1. The van der Waals surface area contributed by atoms with Crippen molar-refractivity contribution in [1.82, 2.24) is 4.98 Å². The second-order valence-corrected chi connectivity index (χ2v) is 4.73. The first-order valence-corrected chi connectivity index (χ1v) is 6.34. The molecule has 0 saturated carbocycles. The zero-order valence-electron chi connectivity index (χ0n) is 11.0. The third-order valence-corrected chi connectivity index (χ3v) is 3.22.